The molecule has 0 aliphatic carbocycles. The third-order valence-corrected chi connectivity index (χ3v) is 3.40. The van der Waals surface area contributed by atoms with Gasteiger partial charge >= 0.3 is 0 Å². The van der Waals surface area contributed by atoms with Crippen LogP contribution >= 0.6 is 0 Å². The number of hydrogen-bond donors (Lipinski definition) is 0. The Balaban J connectivity index is 1.78. The molecule has 0 aromatic heterocycles. The van der Waals surface area contributed by atoms with Gasteiger partial charge in [-0.05, 0) is 44.4 Å². The average Bonchev–Trinajstić information content (AvgIpc) is 2.52. The third kappa shape index (κ3) is 5.85. The van der Waals surface area contributed by atoms with Crippen LogP contribution in [0.3, 0.4) is 0 Å². The molecule has 2 aromatic rings. The van der Waals surface area contributed by atoms with Gasteiger partial charge in [0, 0.05) is 5.56 Å². The van der Waals surface area contributed by atoms with Gasteiger partial charge in [0.25, 0.3) is 0 Å². The first-order chi connectivity index (χ1) is 10.2. The van der Waals surface area contributed by atoms with E-state index >= 15 is 0 Å². The summed E-state index contributed by atoms with van der Waals surface area (Å²) in [7, 11) is 0. The van der Waals surface area contributed by atoms with Crippen molar-refractivity contribution in [1.82, 2.24) is 0 Å². The van der Waals surface area contributed by atoms with Crippen molar-refractivity contribution in [3.63, 3.8) is 0 Å². The lowest BCUT2D eigenvalue weighted by atomic mass is 9.98. The van der Waals surface area contributed by atoms with E-state index in [4.69, 9.17) is 4.74 Å². The molecule has 0 unspecified atom stereocenters. The largest absolute Gasteiger partial charge is 0.363 e. The Labute approximate surface area is 128 Å². The van der Waals surface area contributed by atoms with E-state index in [1.807, 2.05) is 36.4 Å². The van der Waals surface area contributed by atoms with Gasteiger partial charge in [-0.15, -0.1) is 0 Å². The molecule has 0 heterocycles. The van der Waals surface area contributed by atoms with Crippen molar-refractivity contribution in [1.29, 1.82) is 0 Å². The molecule has 0 bridgehead atoms. The van der Waals surface area contributed by atoms with Gasteiger partial charge in [-0.3, -0.25) is 0 Å². The van der Waals surface area contributed by atoms with Crippen molar-refractivity contribution in [2.24, 2.45) is 0 Å². The molecule has 0 radical (unpaired) electrons. The number of ether oxygens (including phenoxy) is 1. The van der Waals surface area contributed by atoms with Crippen LogP contribution in [0.4, 0.5) is 0 Å². The summed E-state index contributed by atoms with van der Waals surface area (Å²) in [5.41, 5.74) is 2.23. The molecule has 0 spiro atoms. The van der Waals surface area contributed by atoms with Gasteiger partial charge < -0.3 is 4.74 Å². The first-order valence-corrected chi connectivity index (χ1v) is 7.37. The second-order valence-electron chi connectivity index (χ2n) is 5.70. The predicted molar refractivity (Wildman–Crippen MR) is 88.1 cm³/mol. The summed E-state index contributed by atoms with van der Waals surface area (Å²) in [4.78, 5) is 0. The van der Waals surface area contributed by atoms with E-state index < -0.39 is 0 Å². The van der Waals surface area contributed by atoms with E-state index in [2.05, 4.69) is 50.0 Å². The molecule has 108 valence electrons. The first-order valence-electron chi connectivity index (χ1n) is 7.37. The summed E-state index contributed by atoms with van der Waals surface area (Å²) in [6.45, 7) is 4.72. The van der Waals surface area contributed by atoms with Crippen LogP contribution in [0, 0.1) is 11.8 Å². The summed E-state index contributed by atoms with van der Waals surface area (Å²) in [6, 6.07) is 20.5. The monoisotopic (exact) mass is 278 g/mol. The molecule has 2 aromatic carbocycles. The number of aryl methyl sites for hydroxylation is 1. The van der Waals surface area contributed by atoms with E-state index in [0.717, 1.165) is 18.4 Å². The molecule has 0 atom stereocenters. The van der Waals surface area contributed by atoms with Gasteiger partial charge in [0.1, 0.15) is 6.61 Å². The van der Waals surface area contributed by atoms with Crippen LogP contribution in [0.1, 0.15) is 31.4 Å². The summed E-state index contributed by atoms with van der Waals surface area (Å²) >= 11 is 0. The molecule has 1 nitrogen and oxygen atoms in total. The second-order valence-corrected chi connectivity index (χ2v) is 5.70. The first kappa shape index (κ1) is 15.4. The molecule has 0 aliphatic heterocycles. The van der Waals surface area contributed by atoms with E-state index in [-0.39, 0.29) is 5.60 Å². The van der Waals surface area contributed by atoms with Crippen molar-refractivity contribution in [3.8, 4) is 11.8 Å². The zero-order chi connectivity index (χ0) is 15.0. The van der Waals surface area contributed by atoms with Crippen molar-refractivity contribution in [2.45, 2.75) is 32.3 Å². The third-order valence-electron chi connectivity index (χ3n) is 3.40. The molecule has 0 amide bonds. The molecule has 0 aliphatic rings. The van der Waals surface area contributed by atoms with Crippen LogP contribution in [0.15, 0.2) is 60.7 Å². The Morgan fingerprint density at radius 2 is 1.52 bits per heavy atom. The number of benzene rings is 2. The molecule has 0 N–H and O–H groups in total. The van der Waals surface area contributed by atoms with Crippen molar-refractivity contribution in [3.05, 3.63) is 71.8 Å². The van der Waals surface area contributed by atoms with Gasteiger partial charge in [-0.25, -0.2) is 0 Å². The molecule has 0 saturated carbocycles. The number of rotatable bonds is 5. The topological polar surface area (TPSA) is 9.23 Å². The van der Waals surface area contributed by atoms with Crippen LogP contribution in [0.25, 0.3) is 0 Å². The number of hydrogen-bond acceptors (Lipinski definition) is 1. The van der Waals surface area contributed by atoms with Crippen LogP contribution in [0.2, 0.25) is 0 Å². The van der Waals surface area contributed by atoms with E-state index in [1.54, 1.807) is 0 Å². The molecule has 21 heavy (non-hydrogen) atoms. The summed E-state index contributed by atoms with van der Waals surface area (Å²) in [5, 5.41) is 0. The van der Waals surface area contributed by atoms with Gasteiger partial charge in [0.05, 0.1) is 5.60 Å². The zero-order valence-corrected chi connectivity index (χ0v) is 12.8. The van der Waals surface area contributed by atoms with E-state index in [0.29, 0.717) is 6.61 Å². The average molecular weight is 278 g/mol. The van der Waals surface area contributed by atoms with E-state index in [1.165, 1.54) is 5.56 Å². The highest BCUT2D eigenvalue weighted by Crippen LogP contribution is 2.17. The molecule has 2 rings (SSSR count). The minimum Gasteiger partial charge on any atom is -0.363 e. The highest BCUT2D eigenvalue weighted by atomic mass is 16.5. The lowest BCUT2D eigenvalue weighted by molar-refractivity contribution is -0.00408. The molecule has 0 fully saturated rings. The molecular formula is C20H22O. The maximum absolute atomic E-state index is 5.90. The molecular weight excluding hydrogens is 256 g/mol. The standard InChI is InChI=1S/C20H22O/c1-20(2,16-15-19-12-7-4-8-13-19)21-17-9-14-18-10-5-3-6-11-18/h3-8,10-13H,15-17H2,1-2H3. The Morgan fingerprint density at radius 3 is 2.19 bits per heavy atom. The minimum absolute atomic E-state index is 0.152. The van der Waals surface area contributed by atoms with Gasteiger partial charge in [0.15, 0.2) is 0 Å². The van der Waals surface area contributed by atoms with Gasteiger partial charge in [-0.1, -0.05) is 60.4 Å². The lowest BCUT2D eigenvalue weighted by Crippen LogP contribution is -2.25. The Bertz CT molecular complexity index is 588. The van der Waals surface area contributed by atoms with Crippen LogP contribution < -0.4 is 0 Å². The fourth-order valence-corrected chi connectivity index (χ4v) is 2.05. The highest BCUT2D eigenvalue weighted by Gasteiger charge is 2.17. The highest BCUT2D eigenvalue weighted by molar-refractivity contribution is 5.33. The summed E-state index contributed by atoms with van der Waals surface area (Å²) in [5.74, 6) is 6.20. The van der Waals surface area contributed by atoms with Crippen LogP contribution in [-0.2, 0) is 11.2 Å². The minimum atomic E-state index is -0.152. The van der Waals surface area contributed by atoms with Crippen molar-refractivity contribution < 1.29 is 4.74 Å². The van der Waals surface area contributed by atoms with Crippen molar-refractivity contribution >= 4 is 0 Å². The quantitative estimate of drug-likeness (QED) is 0.733. The summed E-state index contributed by atoms with van der Waals surface area (Å²) in [6.07, 6.45) is 2.02. The predicted octanol–water partition coefficient (Wildman–Crippen LogP) is 4.47. The maximum Gasteiger partial charge on any atom is 0.108 e. The molecule has 1 heteroatoms. The fourth-order valence-electron chi connectivity index (χ4n) is 2.05. The Hall–Kier alpha value is -2.04. The normalized spacial score (nSPS) is 10.8. The van der Waals surface area contributed by atoms with Crippen LogP contribution in [0.5, 0.6) is 0 Å². The van der Waals surface area contributed by atoms with Crippen LogP contribution in [-0.4, -0.2) is 12.2 Å². The van der Waals surface area contributed by atoms with Gasteiger partial charge in [0.2, 0.25) is 0 Å². The lowest BCUT2D eigenvalue weighted by Gasteiger charge is -2.24. The Kier molecular flexibility index (Phi) is 5.60. The second kappa shape index (κ2) is 7.67. The van der Waals surface area contributed by atoms with E-state index in [9.17, 15) is 0 Å². The molecule has 0 saturated heterocycles. The van der Waals surface area contributed by atoms with Gasteiger partial charge in [-0.2, -0.15) is 0 Å². The Morgan fingerprint density at radius 1 is 0.905 bits per heavy atom. The fraction of sp³-hybridized carbons (Fsp3) is 0.300. The smallest absolute Gasteiger partial charge is 0.108 e. The van der Waals surface area contributed by atoms with Crippen molar-refractivity contribution in [2.75, 3.05) is 6.61 Å². The zero-order valence-electron chi connectivity index (χ0n) is 12.8. The summed E-state index contributed by atoms with van der Waals surface area (Å²) < 4.78 is 5.90. The SMILES string of the molecule is CC(C)(CCc1ccccc1)OCC#Cc1ccccc1. The maximum atomic E-state index is 5.90.